The number of rotatable bonds is 3. The van der Waals surface area contributed by atoms with E-state index in [1.165, 1.54) is 0 Å². The molecule has 0 radical (unpaired) electrons. The average Bonchev–Trinajstić information content (AvgIpc) is 2.78. The molecule has 1 aromatic rings. The highest BCUT2D eigenvalue weighted by atomic mass is 16.1. The average molecular weight is 218 g/mol. The smallest absolute Gasteiger partial charge is 0.222 e. The third-order valence-corrected chi connectivity index (χ3v) is 3.00. The highest BCUT2D eigenvalue weighted by molar-refractivity contribution is 5.85. The molecule has 1 heterocycles. The Balaban J connectivity index is 2.20. The molecule has 1 atom stereocenters. The zero-order valence-electron chi connectivity index (χ0n) is 8.93. The predicted octanol–water partition coefficient (Wildman–Crippen LogP) is 0.811. The van der Waals surface area contributed by atoms with Gasteiger partial charge in [0.1, 0.15) is 0 Å². The van der Waals surface area contributed by atoms with E-state index in [-0.39, 0.29) is 11.8 Å². The number of nitrogens with zero attached hydrogens (tertiary/aromatic N) is 1. The van der Waals surface area contributed by atoms with Gasteiger partial charge in [0, 0.05) is 24.3 Å². The van der Waals surface area contributed by atoms with E-state index in [9.17, 15) is 9.59 Å². The minimum atomic E-state index is -0.258. The standard InChI is InChI=1S/C12H14N2O2/c13-12(16)9-5-6-14(7-9)11-4-2-1-3-10(11)8-15/h1-4,8-9H,5-7H2,(H2,13,16). The van der Waals surface area contributed by atoms with E-state index in [0.29, 0.717) is 12.1 Å². The number of carbonyl (C=O) groups excluding carboxylic acids is 2. The van der Waals surface area contributed by atoms with Crippen molar-refractivity contribution in [3.05, 3.63) is 29.8 Å². The number of primary amides is 1. The van der Waals surface area contributed by atoms with Crippen LogP contribution in [0.2, 0.25) is 0 Å². The molecule has 0 aromatic heterocycles. The van der Waals surface area contributed by atoms with Crippen molar-refractivity contribution in [2.24, 2.45) is 11.7 Å². The van der Waals surface area contributed by atoms with Gasteiger partial charge in [0.2, 0.25) is 5.91 Å². The summed E-state index contributed by atoms with van der Waals surface area (Å²) < 4.78 is 0. The lowest BCUT2D eigenvalue weighted by molar-refractivity contribution is -0.121. The first-order chi connectivity index (χ1) is 7.72. The first-order valence-electron chi connectivity index (χ1n) is 5.31. The van der Waals surface area contributed by atoms with Gasteiger partial charge in [-0.3, -0.25) is 9.59 Å². The molecular formula is C12H14N2O2. The van der Waals surface area contributed by atoms with Gasteiger partial charge < -0.3 is 10.6 Å². The molecule has 1 unspecified atom stereocenters. The Labute approximate surface area is 94.0 Å². The number of hydrogen-bond donors (Lipinski definition) is 1. The van der Waals surface area contributed by atoms with Gasteiger partial charge in [-0.15, -0.1) is 0 Å². The van der Waals surface area contributed by atoms with Gasteiger partial charge in [-0.05, 0) is 18.6 Å². The van der Waals surface area contributed by atoms with Crippen LogP contribution in [0.3, 0.4) is 0 Å². The summed E-state index contributed by atoms with van der Waals surface area (Å²) in [4.78, 5) is 24.0. The normalized spacial score (nSPS) is 19.8. The zero-order chi connectivity index (χ0) is 11.5. The minimum Gasteiger partial charge on any atom is -0.370 e. The number of nitrogens with two attached hydrogens (primary N) is 1. The van der Waals surface area contributed by atoms with E-state index in [1.54, 1.807) is 6.07 Å². The lowest BCUT2D eigenvalue weighted by Gasteiger charge is -2.19. The number of para-hydroxylation sites is 1. The second-order valence-electron chi connectivity index (χ2n) is 4.01. The molecule has 1 amide bonds. The highest BCUT2D eigenvalue weighted by Crippen LogP contribution is 2.25. The molecule has 1 aliphatic heterocycles. The van der Waals surface area contributed by atoms with E-state index in [0.717, 1.165) is 24.9 Å². The molecule has 2 N–H and O–H groups in total. The van der Waals surface area contributed by atoms with Crippen LogP contribution in [-0.2, 0) is 4.79 Å². The van der Waals surface area contributed by atoms with E-state index < -0.39 is 0 Å². The van der Waals surface area contributed by atoms with Gasteiger partial charge in [0.15, 0.2) is 6.29 Å². The van der Waals surface area contributed by atoms with E-state index in [2.05, 4.69) is 0 Å². The summed E-state index contributed by atoms with van der Waals surface area (Å²) >= 11 is 0. The number of aldehydes is 1. The number of amides is 1. The first kappa shape index (κ1) is 10.7. The molecule has 2 rings (SSSR count). The third kappa shape index (κ3) is 1.91. The van der Waals surface area contributed by atoms with Gasteiger partial charge in [-0.25, -0.2) is 0 Å². The Kier molecular flexibility index (Phi) is 2.90. The predicted molar refractivity (Wildman–Crippen MR) is 61.3 cm³/mol. The van der Waals surface area contributed by atoms with Crippen LogP contribution >= 0.6 is 0 Å². The van der Waals surface area contributed by atoms with Gasteiger partial charge in [0.25, 0.3) is 0 Å². The molecule has 0 aliphatic carbocycles. The van der Waals surface area contributed by atoms with Crippen molar-refractivity contribution >= 4 is 17.9 Å². The summed E-state index contributed by atoms with van der Waals surface area (Å²) in [5, 5.41) is 0. The maximum Gasteiger partial charge on any atom is 0.222 e. The van der Waals surface area contributed by atoms with Crippen LogP contribution < -0.4 is 10.6 Å². The molecule has 1 saturated heterocycles. The van der Waals surface area contributed by atoms with Crippen molar-refractivity contribution in [2.45, 2.75) is 6.42 Å². The Morgan fingerprint density at radius 1 is 1.44 bits per heavy atom. The Hall–Kier alpha value is -1.84. The summed E-state index contributed by atoms with van der Waals surface area (Å²) in [7, 11) is 0. The van der Waals surface area contributed by atoms with Crippen LogP contribution in [0.1, 0.15) is 16.8 Å². The van der Waals surface area contributed by atoms with Crippen LogP contribution in [0, 0.1) is 5.92 Å². The summed E-state index contributed by atoms with van der Waals surface area (Å²) in [5.74, 6) is -0.356. The van der Waals surface area contributed by atoms with Crippen LogP contribution in [0.15, 0.2) is 24.3 Å². The zero-order valence-corrected chi connectivity index (χ0v) is 8.93. The summed E-state index contributed by atoms with van der Waals surface area (Å²) in [6.45, 7) is 1.39. The quantitative estimate of drug-likeness (QED) is 0.764. The second-order valence-corrected chi connectivity index (χ2v) is 4.01. The molecular weight excluding hydrogens is 204 g/mol. The molecule has 0 bridgehead atoms. The fourth-order valence-electron chi connectivity index (χ4n) is 2.09. The van der Waals surface area contributed by atoms with Crippen LogP contribution in [0.5, 0.6) is 0 Å². The van der Waals surface area contributed by atoms with E-state index in [4.69, 9.17) is 5.73 Å². The largest absolute Gasteiger partial charge is 0.370 e. The number of hydrogen-bond acceptors (Lipinski definition) is 3. The van der Waals surface area contributed by atoms with Gasteiger partial charge >= 0.3 is 0 Å². The molecule has 4 heteroatoms. The number of carbonyl (C=O) groups is 2. The maximum absolute atomic E-state index is 11.1. The second kappa shape index (κ2) is 4.35. The Morgan fingerprint density at radius 2 is 2.19 bits per heavy atom. The maximum atomic E-state index is 11.1. The third-order valence-electron chi connectivity index (χ3n) is 3.00. The molecule has 16 heavy (non-hydrogen) atoms. The van der Waals surface area contributed by atoms with Crippen LogP contribution in [-0.4, -0.2) is 25.3 Å². The van der Waals surface area contributed by atoms with E-state index in [1.807, 2.05) is 23.1 Å². The van der Waals surface area contributed by atoms with Crippen LogP contribution in [0.25, 0.3) is 0 Å². The monoisotopic (exact) mass is 218 g/mol. The van der Waals surface area contributed by atoms with Crippen molar-refractivity contribution < 1.29 is 9.59 Å². The molecule has 84 valence electrons. The molecule has 4 nitrogen and oxygen atoms in total. The van der Waals surface area contributed by atoms with Gasteiger partial charge in [0.05, 0.1) is 5.92 Å². The minimum absolute atomic E-state index is 0.0975. The highest BCUT2D eigenvalue weighted by Gasteiger charge is 2.27. The van der Waals surface area contributed by atoms with Crippen molar-refractivity contribution in [3.63, 3.8) is 0 Å². The topological polar surface area (TPSA) is 63.4 Å². The Morgan fingerprint density at radius 3 is 2.81 bits per heavy atom. The van der Waals surface area contributed by atoms with E-state index >= 15 is 0 Å². The van der Waals surface area contributed by atoms with Gasteiger partial charge in [-0.2, -0.15) is 0 Å². The summed E-state index contributed by atoms with van der Waals surface area (Å²) in [6, 6.07) is 7.39. The Bertz CT molecular complexity index is 417. The molecule has 1 aliphatic rings. The van der Waals surface area contributed by atoms with Crippen molar-refractivity contribution in [1.82, 2.24) is 0 Å². The van der Waals surface area contributed by atoms with Crippen molar-refractivity contribution in [1.29, 1.82) is 0 Å². The fourth-order valence-corrected chi connectivity index (χ4v) is 2.09. The fraction of sp³-hybridized carbons (Fsp3) is 0.333. The molecule has 1 fully saturated rings. The summed E-state index contributed by atoms with van der Waals surface area (Å²) in [6.07, 6.45) is 1.61. The SMILES string of the molecule is NC(=O)C1CCN(c2ccccc2C=O)C1. The number of benzene rings is 1. The van der Waals surface area contributed by atoms with Gasteiger partial charge in [-0.1, -0.05) is 12.1 Å². The number of anilines is 1. The van der Waals surface area contributed by atoms with Crippen LogP contribution in [0.4, 0.5) is 5.69 Å². The van der Waals surface area contributed by atoms with Crippen molar-refractivity contribution in [2.75, 3.05) is 18.0 Å². The van der Waals surface area contributed by atoms with Crippen molar-refractivity contribution in [3.8, 4) is 0 Å². The molecule has 0 saturated carbocycles. The molecule has 1 aromatic carbocycles. The summed E-state index contributed by atoms with van der Waals surface area (Å²) in [5.41, 5.74) is 6.82. The molecule has 0 spiro atoms. The lowest BCUT2D eigenvalue weighted by atomic mass is 10.1. The first-order valence-corrected chi connectivity index (χ1v) is 5.31. The lowest BCUT2D eigenvalue weighted by Crippen LogP contribution is -2.27.